The molecule has 1 aromatic heterocycles. The predicted octanol–water partition coefficient (Wildman–Crippen LogP) is 3.24. The van der Waals surface area contributed by atoms with Crippen LogP contribution < -0.4 is 4.90 Å². The van der Waals surface area contributed by atoms with Crippen molar-refractivity contribution in [1.29, 1.82) is 0 Å². The maximum Gasteiger partial charge on any atom is 0.258 e. The molecule has 0 saturated carbocycles. The number of aromatic nitrogens is 1. The van der Waals surface area contributed by atoms with Gasteiger partial charge in [-0.3, -0.25) is 9.78 Å². The number of hydrogen-bond donors (Lipinski definition) is 0. The van der Waals surface area contributed by atoms with E-state index in [-0.39, 0.29) is 5.91 Å². The molecule has 0 radical (unpaired) electrons. The van der Waals surface area contributed by atoms with Crippen molar-refractivity contribution in [2.75, 3.05) is 11.4 Å². The van der Waals surface area contributed by atoms with Gasteiger partial charge in [-0.25, -0.2) is 0 Å². The summed E-state index contributed by atoms with van der Waals surface area (Å²) in [6.45, 7) is 2.89. The van der Waals surface area contributed by atoms with E-state index in [0.717, 1.165) is 37.1 Å². The Kier molecular flexibility index (Phi) is 3.50. The number of aryl methyl sites for hydroxylation is 2. The average molecular weight is 266 g/mol. The van der Waals surface area contributed by atoms with E-state index in [4.69, 9.17) is 0 Å². The molecule has 0 saturated heterocycles. The Morgan fingerprint density at radius 3 is 3.10 bits per heavy atom. The van der Waals surface area contributed by atoms with Crippen molar-refractivity contribution in [3.63, 3.8) is 0 Å². The zero-order valence-corrected chi connectivity index (χ0v) is 11.7. The summed E-state index contributed by atoms with van der Waals surface area (Å²) in [4.78, 5) is 18.8. The van der Waals surface area contributed by atoms with Gasteiger partial charge in [0.15, 0.2) is 0 Å². The number of carbonyl (C=O) groups excluding carboxylic acids is 1. The molecule has 2 heterocycles. The van der Waals surface area contributed by atoms with Crippen molar-refractivity contribution in [3.8, 4) is 0 Å². The van der Waals surface area contributed by atoms with Gasteiger partial charge in [-0.15, -0.1) is 0 Å². The van der Waals surface area contributed by atoms with Crippen LogP contribution in [0, 0.1) is 0 Å². The van der Waals surface area contributed by atoms with Crippen molar-refractivity contribution < 1.29 is 4.79 Å². The van der Waals surface area contributed by atoms with Crippen LogP contribution in [0.15, 0.2) is 42.7 Å². The first-order valence-corrected chi connectivity index (χ1v) is 7.13. The minimum Gasteiger partial charge on any atom is -0.308 e. The quantitative estimate of drug-likeness (QED) is 0.836. The van der Waals surface area contributed by atoms with Gasteiger partial charge in [0.25, 0.3) is 5.91 Å². The zero-order chi connectivity index (χ0) is 13.9. The highest BCUT2D eigenvalue weighted by Gasteiger charge is 2.23. The molecule has 2 aromatic rings. The number of nitrogens with zero attached hydrogens (tertiary/aromatic N) is 2. The Balaban J connectivity index is 1.95. The van der Waals surface area contributed by atoms with E-state index in [2.05, 4.69) is 18.0 Å². The van der Waals surface area contributed by atoms with Gasteiger partial charge in [0.2, 0.25) is 0 Å². The average Bonchev–Trinajstić information content (AvgIpc) is 2.53. The molecule has 1 aliphatic rings. The van der Waals surface area contributed by atoms with Crippen molar-refractivity contribution in [1.82, 2.24) is 4.98 Å². The Bertz CT molecular complexity index is 636. The molecule has 3 nitrogen and oxygen atoms in total. The summed E-state index contributed by atoms with van der Waals surface area (Å²) < 4.78 is 0. The smallest absolute Gasteiger partial charge is 0.258 e. The van der Waals surface area contributed by atoms with Crippen LogP contribution in [0.25, 0.3) is 0 Å². The van der Waals surface area contributed by atoms with Gasteiger partial charge < -0.3 is 4.90 Å². The minimum absolute atomic E-state index is 0.0902. The van der Waals surface area contributed by atoms with Crippen LogP contribution in [-0.4, -0.2) is 17.4 Å². The van der Waals surface area contributed by atoms with E-state index in [1.807, 2.05) is 35.4 Å². The lowest BCUT2D eigenvalue weighted by atomic mass is 10.0. The monoisotopic (exact) mass is 266 g/mol. The van der Waals surface area contributed by atoms with Gasteiger partial charge in [0.05, 0.1) is 5.69 Å². The van der Waals surface area contributed by atoms with Crippen molar-refractivity contribution >= 4 is 11.6 Å². The van der Waals surface area contributed by atoms with E-state index in [0.29, 0.717) is 0 Å². The molecule has 0 N–H and O–H groups in total. The highest BCUT2D eigenvalue weighted by atomic mass is 16.2. The lowest BCUT2D eigenvalue weighted by Crippen LogP contribution is -2.35. The summed E-state index contributed by atoms with van der Waals surface area (Å²) in [5.74, 6) is 0.0902. The van der Waals surface area contributed by atoms with Crippen LogP contribution in [0.1, 0.15) is 34.8 Å². The third-order valence-electron chi connectivity index (χ3n) is 3.82. The second kappa shape index (κ2) is 5.45. The van der Waals surface area contributed by atoms with Gasteiger partial charge in [0.1, 0.15) is 0 Å². The standard InChI is InChI=1S/C17H18N2O/c1-2-13-5-3-6-14(11-13)17(20)19-10-4-7-15-12-18-9-8-16(15)19/h3,5-6,8-9,11-12H,2,4,7,10H2,1H3. The predicted molar refractivity (Wildman–Crippen MR) is 80.1 cm³/mol. The Morgan fingerprint density at radius 2 is 2.25 bits per heavy atom. The fourth-order valence-electron chi connectivity index (χ4n) is 2.71. The molecule has 0 spiro atoms. The maximum absolute atomic E-state index is 12.7. The summed E-state index contributed by atoms with van der Waals surface area (Å²) in [6, 6.07) is 9.86. The topological polar surface area (TPSA) is 33.2 Å². The number of benzene rings is 1. The van der Waals surface area contributed by atoms with E-state index < -0.39 is 0 Å². The first-order valence-electron chi connectivity index (χ1n) is 7.13. The molecular formula is C17H18N2O. The fraction of sp³-hybridized carbons (Fsp3) is 0.294. The third kappa shape index (κ3) is 2.31. The number of pyridine rings is 1. The third-order valence-corrected chi connectivity index (χ3v) is 3.82. The highest BCUT2D eigenvalue weighted by Crippen LogP contribution is 2.27. The van der Waals surface area contributed by atoms with Crippen LogP contribution in [0.2, 0.25) is 0 Å². The highest BCUT2D eigenvalue weighted by molar-refractivity contribution is 6.06. The molecule has 0 unspecified atom stereocenters. The lowest BCUT2D eigenvalue weighted by molar-refractivity contribution is 0.0985. The maximum atomic E-state index is 12.7. The molecule has 0 fully saturated rings. The largest absolute Gasteiger partial charge is 0.308 e. The van der Waals surface area contributed by atoms with Gasteiger partial charge >= 0.3 is 0 Å². The summed E-state index contributed by atoms with van der Waals surface area (Å²) in [7, 11) is 0. The van der Waals surface area contributed by atoms with E-state index in [9.17, 15) is 4.79 Å². The molecule has 3 rings (SSSR count). The first-order chi connectivity index (χ1) is 9.79. The van der Waals surface area contributed by atoms with Crippen LogP contribution in [-0.2, 0) is 12.8 Å². The molecule has 3 heteroatoms. The zero-order valence-electron chi connectivity index (χ0n) is 11.7. The summed E-state index contributed by atoms with van der Waals surface area (Å²) in [6.07, 6.45) is 6.58. The van der Waals surface area contributed by atoms with Crippen molar-refractivity contribution in [2.24, 2.45) is 0 Å². The normalized spacial score (nSPS) is 13.9. The van der Waals surface area contributed by atoms with Crippen LogP contribution in [0.3, 0.4) is 0 Å². The minimum atomic E-state index is 0.0902. The summed E-state index contributed by atoms with van der Waals surface area (Å²) in [5, 5.41) is 0. The second-order valence-electron chi connectivity index (χ2n) is 5.12. The van der Waals surface area contributed by atoms with Crippen LogP contribution in [0.5, 0.6) is 0 Å². The summed E-state index contributed by atoms with van der Waals surface area (Å²) >= 11 is 0. The van der Waals surface area contributed by atoms with Crippen LogP contribution >= 0.6 is 0 Å². The number of carbonyl (C=O) groups is 1. The van der Waals surface area contributed by atoms with Gasteiger partial charge in [0, 0.05) is 24.5 Å². The van der Waals surface area contributed by atoms with Gasteiger partial charge in [-0.2, -0.15) is 0 Å². The Morgan fingerprint density at radius 1 is 1.35 bits per heavy atom. The van der Waals surface area contributed by atoms with Crippen molar-refractivity contribution in [3.05, 3.63) is 59.4 Å². The number of anilines is 1. The number of fused-ring (bicyclic) bond motifs is 1. The molecule has 20 heavy (non-hydrogen) atoms. The molecule has 1 amide bonds. The summed E-state index contributed by atoms with van der Waals surface area (Å²) in [5.41, 5.74) is 4.15. The van der Waals surface area contributed by atoms with Gasteiger partial charge in [-0.05, 0) is 48.6 Å². The SMILES string of the molecule is CCc1cccc(C(=O)N2CCCc3cnccc32)c1. The van der Waals surface area contributed by atoms with Crippen molar-refractivity contribution in [2.45, 2.75) is 26.2 Å². The molecular weight excluding hydrogens is 248 g/mol. The number of amides is 1. The van der Waals surface area contributed by atoms with Crippen LogP contribution in [0.4, 0.5) is 5.69 Å². The molecule has 0 bridgehead atoms. The fourth-order valence-corrected chi connectivity index (χ4v) is 2.71. The number of rotatable bonds is 2. The van der Waals surface area contributed by atoms with Gasteiger partial charge in [-0.1, -0.05) is 19.1 Å². The Hall–Kier alpha value is -2.16. The lowest BCUT2D eigenvalue weighted by Gasteiger charge is -2.29. The number of hydrogen-bond acceptors (Lipinski definition) is 2. The molecule has 1 aliphatic heterocycles. The second-order valence-corrected chi connectivity index (χ2v) is 5.12. The molecule has 0 atom stereocenters. The van der Waals surface area contributed by atoms with E-state index in [1.165, 1.54) is 11.1 Å². The Labute approximate surface area is 119 Å². The first kappa shape index (κ1) is 12.9. The molecule has 0 aliphatic carbocycles. The van der Waals surface area contributed by atoms with E-state index >= 15 is 0 Å². The molecule has 102 valence electrons. The van der Waals surface area contributed by atoms with E-state index in [1.54, 1.807) is 6.20 Å². The molecule has 1 aromatic carbocycles.